The van der Waals surface area contributed by atoms with E-state index in [-0.39, 0.29) is 23.8 Å². The Labute approximate surface area is 130 Å². The first-order chi connectivity index (χ1) is 10.6. The highest BCUT2D eigenvalue weighted by Crippen LogP contribution is 2.36. The van der Waals surface area contributed by atoms with E-state index in [9.17, 15) is 9.59 Å². The maximum atomic E-state index is 12.5. The summed E-state index contributed by atoms with van der Waals surface area (Å²) in [5.74, 6) is -0.839. The molecule has 1 saturated carbocycles. The molecule has 4 atom stereocenters. The summed E-state index contributed by atoms with van der Waals surface area (Å²) in [4.78, 5) is 23.6. The van der Waals surface area contributed by atoms with Crippen molar-refractivity contribution in [2.45, 2.75) is 45.1 Å². The summed E-state index contributed by atoms with van der Waals surface area (Å²) >= 11 is 0. The van der Waals surface area contributed by atoms with Crippen LogP contribution in [0.3, 0.4) is 0 Å². The fourth-order valence-corrected chi connectivity index (χ4v) is 3.86. The quantitative estimate of drug-likeness (QED) is 0.902. The minimum Gasteiger partial charge on any atom is -0.481 e. The van der Waals surface area contributed by atoms with E-state index in [0.29, 0.717) is 25.2 Å². The molecule has 4 nitrogen and oxygen atoms in total. The second-order valence-corrected chi connectivity index (χ2v) is 6.75. The Hall–Kier alpha value is -1.84. The smallest absolute Gasteiger partial charge is 0.306 e. The van der Waals surface area contributed by atoms with Gasteiger partial charge in [-0.2, -0.15) is 0 Å². The van der Waals surface area contributed by atoms with Crippen molar-refractivity contribution < 1.29 is 14.7 Å². The van der Waals surface area contributed by atoms with Crippen molar-refractivity contribution in [3.05, 3.63) is 35.4 Å². The van der Waals surface area contributed by atoms with Crippen LogP contribution in [0.5, 0.6) is 0 Å². The van der Waals surface area contributed by atoms with E-state index in [1.165, 1.54) is 11.1 Å². The molecule has 2 aliphatic rings. The number of amides is 1. The van der Waals surface area contributed by atoms with Crippen molar-refractivity contribution >= 4 is 11.9 Å². The van der Waals surface area contributed by atoms with Gasteiger partial charge in [-0.3, -0.25) is 9.59 Å². The Balaban J connectivity index is 1.70. The molecule has 2 aliphatic carbocycles. The molecule has 22 heavy (non-hydrogen) atoms. The fourth-order valence-electron chi connectivity index (χ4n) is 3.86. The number of benzene rings is 1. The second kappa shape index (κ2) is 6.11. The maximum absolute atomic E-state index is 12.5. The Morgan fingerprint density at radius 3 is 2.59 bits per heavy atom. The van der Waals surface area contributed by atoms with E-state index in [2.05, 4.69) is 24.4 Å². The van der Waals surface area contributed by atoms with E-state index in [0.717, 1.165) is 12.8 Å². The number of aliphatic carboxylic acids is 1. The van der Waals surface area contributed by atoms with Crippen LogP contribution in [0.25, 0.3) is 0 Å². The highest BCUT2D eigenvalue weighted by atomic mass is 16.4. The maximum Gasteiger partial charge on any atom is 0.306 e. The van der Waals surface area contributed by atoms with Gasteiger partial charge in [0, 0.05) is 5.92 Å². The predicted octanol–water partition coefficient (Wildman–Crippen LogP) is 2.93. The average molecular weight is 301 g/mol. The molecule has 2 N–H and O–H groups in total. The molecule has 4 heteroatoms. The van der Waals surface area contributed by atoms with Crippen LogP contribution in [0.2, 0.25) is 0 Å². The van der Waals surface area contributed by atoms with Crippen molar-refractivity contribution in [3.63, 3.8) is 0 Å². The van der Waals surface area contributed by atoms with Gasteiger partial charge in [0.25, 0.3) is 0 Å². The largest absolute Gasteiger partial charge is 0.481 e. The highest BCUT2D eigenvalue weighted by molar-refractivity contribution is 5.81. The van der Waals surface area contributed by atoms with Gasteiger partial charge in [0.1, 0.15) is 0 Å². The average Bonchev–Trinajstić information content (AvgIpc) is 3.00. The monoisotopic (exact) mass is 301 g/mol. The molecular weight excluding hydrogens is 278 g/mol. The van der Waals surface area contributed by atoms with Gasteiger partial charge in [-0.1, -0.05) is 31.2 Å². The van der Waals surface area contributed by atoms with Crippen LogP contribution in [0.15, 0.2) is 24.3 Å². The molecule has 1 amide bonds. The lowest BCUT2D eigenvalue weighted by Gasteiger charge is -2.32. The number of aryl methyl sites for hydroxylation is 1. The third kappa shape index (κ3) is 2.87. The molecule has 0 heterocycles. The number of hydrogen-bond donors (Lipinski definition) is 2. The third-order valence-electron chi connectivity index (χ3n) is 5.28. The topological polar surface area (TPSA) is 66.4 Å². The van der Waals surface area contributed by atoms with E-state index in [1.54, 1.807) is 0 Å². The van der Waals surface area contributed by atoms with Crippen molar-refractivity contribution in [3.8, 4) is 0 Å². The normalized spacial score (nSPS) is 30.6. The molecular formula is C18H23NO3. The Morgan fingerprint density at radius 2 is 1.86 bits per heavy atom. The van der Waals surface area contributed by atoms with E-state index in [4.69, 9.17) is 5.11 Å². The first-order valence-corrected chi connectivity index (χ1v) is 8.17. The predicted molar refractivity (Wildman–Crippen MR) is 83.3 cm³/mol. The zero-order valence-corrected chi connectivity index (χ0v) is 12.9. The summed E-state index contributed by atoms with van der Waals surface area (Å²) in [6.45, 7) is 2.18. The van der Waals surface area contributed by atoms with Gasteiger partial charge in [-0.05, 0) is 49.1 Å². The molecule has 3 rings (SSSR count). The molecule has 1 aromatic rings. The highest BCUT2D eigenvalue weighted by Gasteiger charge is 2.36. The molecule has 0 saturated heterocycles. The molecule has 2 unspecified atom stereocenters. The van der Waals surface area contributed by atoms with Crippen molar-refractivity contribution in [2.75, 3.05) is 0 Å². The summed E-state index contributed by atoms with van der Waals surface area (Å²) in [6.07, 6.45) is 3.91. The lowest BCUT2D eigenvalue weighted by atomic mass is 9.80. The van der Waals surface area contributed by atoms with Crippen molar-refractivity contribution in [2.24, 2.45) is 17.8 Å². The van der Waals surface area contributed by atoms with Gasteiger partial charge in [0.2, 0.25) is 5.91 Å². The summed E-state index contributed by atoms with van der Waals surface area (Å²) < 4.78 is 0. The second-order valence-electron chi connectivity index (χ2n) is 6.75. The van der Waals surface area contributed by atoms with Gasteiger partial charge in [0.05, 0.1) is 12.0 Å². The van der Waals surface area contributed by atoms with Gasteiger partial charge in [-0.15, -0.1) is 0 Å². The zero-order valence-electron chi connectivity index (χ0n) is 12.9. The number of carbonyl (C=O) groups excluding carboxylic acids is 1. The van der Waals surface area contributed by atoms with Gasteiger partial charge < -0.3 is 10.4 Å². The Bertz CT molecular complexity index is 583. The first kappa shape index (κ1) is 15.1. The van der Waals surface area contributed by atoms with Crippen molar-refractivity contribution in [1.82, 2.24) is 5.32 Å². The van der Waals surface area contributed by atoms with Crippen LogP contribution >= 0.6 is 0 Å². The molecule has 0 bridgehead atoms. The van der Waals surface area contributed by atoms with Crippen LogP contribution in [0.1, 0.15) is 49.8 Å². The van der Waals surface area contributed by atoms with Crippen LogP contribution in [0, 0.1) is 17.8 Å². The Kier molecular flexibility index (Phi) is 4.19. The van der Waals surface area contributed by atoms with Crippen LogP contribution in [0.4, 0.5) is 0 Å². The number of carbonyl (C=O) groups is 2. The minimum atomic E-state index is -0.772. The van der Waals surface area contributed by atoms with Gasteiger partial charge >= 0.3 is 5.97 Å². The SMILES string of the molecule is CC1CCc2ccccc2C1NC(=O)[C@@H]1CC[C@H](C(=O)O)C1. The van der Waals surface area contributed by atoms with Gasteiger partial charge in [0.15, 0.2) is 0 Å². The van der Waals surface area contributed by atoms with E-state index in [1.807, 2.05) is 12.1 Å². The summed E-state index contributed by atoms with van der Waals surface area (Å²) in [7, 11) is 0. The molecule has 0 radical (unpaired) electrons. The lowest BCUT2D eigenvalue weighted by Crippen LogP contribution is -2.38. The first-order valence-electron chi connectivity index (χ1n) is 8.17. The standard InChI is InChI=1S/C18H23NO3/c1-11-6-7-12-4-2-3-5-15(12)16(11)19-17(20)13-8-9-14(10-13)18(21)22/h2-5,11,13-14,16H,6-10H2,1H3,(H,19,20)(H,21,22)/t11?,13-,14+,16?/m1/s1. The van der Waals surface area contributed by atoms with Gasteiger partial charge in [-0.25, -0.2) is 0 Å². The lowest BCUT2D eigenvalue weighted by molar-refractivity contribution is -0.141. The number of fused-ring (bicyclic) bond motifs is 1. The number of hydrogen-bond acceptors (Lipinski definition) is 2. The molecule has 1 fully saturated rings. The molecule has 1 aromatic carbocycles. The number of carboxylic acids is 1. The van der Waals surface area contributed by atoms with Crippen molar-refractivity contribution in [1.29, 1.82) is 0 Å². The van der Waals surface area contributed by atoms with Crippen LogP contribution < -0.4 is 5.32 Å². The number of nitrogens with one attached hydrogen (secondary N) is 1. The zero-order chi connectivity index (χ0) is 15.7. The number of carboxylic acid groups (broad SMARTS) is 1. The molecule has 0 spiro atoms. The molecule has 118 valence electrons. The van der Waals surface area contributed by atoms with Crippen LogP contribution in [-0.4, -0.2) is 17.0 Å². The minimum absolute atomic E-state index is 0.0253. The van der Waals surface area contributed by atoms with Crippen LogP contribution in [-0.2, 0) is 16.0 Å². The summed E-state index contributed by atoms with van der Waals surface area (Å²) in [6, 6.07) is 8.36. The third-order valence-corrected chi connectivity index (χ3v) is 5.28. The van der Waals surface area contributed by atoms with E-state index >= 15 is 0 Å². The fraction of sp³-hybridized carbons (Fsp3) is 0.556. The Morgan fingerprint density at radius 1 is 1.14 bits per heavy atom. The van der Waals surface area contributed by atoms with E-state index < -0.39 is 5.97 Å². The molecule has 0 aromatic heterocycles. The molecule has 0 aliphatic heterocycles. The summed E-state index contributed by atoms with van der Waals surface area (Å²) in [5, 5.41) is 12.3. The number of rotatable bonds is 3. The summed E-state index contributed by atoms with van der Waals surface area (Å²) in [5.41, 5.74) is 2.54.